The second-order valence-corrected chi connectivity index (χ2v) is 8.68. The van der Waals surface area contributed by atoms with Gasteiger partial charge < -0.3 is 5.32 Å². The number of thiophene rings is 1. The molecule has 0 unspecified atom stereocenters. The van der Waals surface area contributed by atoms with E-state index in [1.165, 1.54) is 23.1 Å². The highest BCUT2D eigenvalue weighted by Gasteiger charge is 2.16. The smallest absolute Gasteiger partial charge is 0.263 e. The summed E-state index contributed by atoms with van der Waals surface area (Å²) in [5.74, 6) is 0.0972. The van der Waals surface area contributed by atoms with E-state index >= 15 is 0 Å². The standard InChI is InChI=1S/C19H20ClN3O2S2/c1-4-23-18(25)16-11(2)12(3)27-17(16)22-19(23)26-10-15(24)21-9-13-5-7-14(20)8-6-13/h5-8H,4,9-10H2,1-3H3,(H,21,24). The highest BCUT2D eigenvalue weighted by molar-refractivity contribution is 7.99. The predicted molar refractivity (Wildman–Crippen MR) is 113 cm³/mol. The van der Waals surface area contributed by atoms with Gasteiger partial charge in [0.05, 0.1) is 11.1 Å². The largest absolute Gasteiger partial charge is 0.351 e. The van der Waals surface area contributed by atoms with E-state index in [1.807, 2.05) is 32.9 Å². The van der Waals surface area contributed by atoms with Crippen LogP contribution in [0.25, 0.3) is 10.2 Å². The van der Waals surface area contributed by atoms with Crippen LogP contribution in [0.4, 0.5) is 0 Å². The Morgan fingerprint density at radius 3 is 2.67 bits per heavy atom. The highest BCUT2D eigenvalue weighted by Crippen LogP contribution is 2.28. The minimum absolute atomic E-state index is 0.0339. The molecule has 0 aliphatic carbocycles. The number of thioether (sulfide) groups is 1. The van der Waals surface area contributed by atoms with Gasteiger partial charge in [0.2, 0.25) is 5.91 Å². The molecule has 1 N–H and O–H groups in total. The van der Waals surface area contributed by atoms with Gasteiger partial charge in [-0.15, -0.1) is 11.3 Å². The summed E-state index contributed by atoms with van der Waals surface area (Å²) >= 11 is 8.67. The number of aryl methyl sites for hydroxylation is 2. The number of amides is 1. The average molecular weight is 422 g/mol. The van der Waals surface area contributed by atoms with Crippen molar-refractivity contribution in [2.45, 2.75) is 39.0 Å². The van der Waals surface area contributed by atoms with Gasteiger partial charge in [-0.05, 0) is 44.0 Å². The Bertz CT molecular complexity index is 1040. The summed E-state index contributed by atoms with van der Waals surface area (Å²) < 4.78 is 1.64. The van der Waals surface area contributed by atoms with Gasteiger partial charge in [0, 0.05) is 23.0 Å². The molecule has 0 bridgehead atoms. The van der Waals surface area contributed by atoms with Crippen LogP contribution in [0.2, 0.25) is 5.02 Å². The molecule has 1 aromatic carbocycles. The molecule has 0 aliphatic heterocycles. The molecule has 0 aliphatic rings. The molecule has 2 heterocycles. The molecule has 0 saturated carbocycles. The van der Waals surface area contributed by atoms with E-state index in [2.05, 4.69) is 10.3 Å². The number of nitrogens with one attached hydrogen (secondary N) is 1. The van der Waals surface area contributed by atoms with E-state index in [0.29, 0.717) is 28.7 Å². The first kappa shape index (κ1) is 19.9. The van der Waals surface area contributed by atoms with Gasteiger partial charge in [-0.2, -0.15) is 0 Å². The van der Waals surface area contributed by atoms with Crippen molar-refractivity contribution >= 4 is 50.8 Å². The van der Waals surface area contributed by atoms with Crippen LogP contribution in [0.3, 0.4) is 0 Å². The van der Waals surface area contributed by atoms with Gasteiger partial charge >= 0.3 is 0 Å². The Labute approximate surface area is 170 Å². The lowest BCUT2D eigenvalue weighted by Crippen LogP contribution is -2.26. The zero-order valence-electron chi connectivity index (χ0n) is 15.3. The van der Waals surface area contributed by atoms with Crippen molar-refractivity contribution in [1.82, 2.24) is 14.9 Å². The van der Waals surface area contributed by atoms with E-state index in [1.54, 1.807) is 16.7 Å². The lowest BCUT2D eigenvalue weighted by Gasteiger charge is -2.10. The fourth-order valence-corrected chi connectivity index (χ4v) is 4.77. The van der Waals surface area contributed by atoms with E-state index in [-0.39, 0.29) is 17.2 Å². The lowest BCUT2D eigenvalue weighted by atomic mass is 10.2. The van der Waals surface area contributed by atoms with Crippen LogP contribution in [0.15, 0.2) is 34.2 Å². The molecule has 0 fully saturated rings. The SMILES string of the molecule is CCn1c(SCC(=O)NCc2ccc(Cl)cc2)nc2sc(C)c(C)c2c1=O. The van der Waals surface area contributed by atoms with Gasteiger partial charge in [0.1, 0.15) is 4.83 Å². The Morgan fingerprint density at radius 1 is 1.30 bits per heavy atom. The molecule has 142 valence electrons. The number of halogens is 1. The molecule has 0 radical (unpaired) electrons. The van der Waals surface area contributed by atoms with Gasteiger partial charge in [0.15, 0.2) is 5.16 Å². The van der Waals surface area contributed by atoms with Crippen molar-refractivity contribution in [3.8, 4) is 0 Å². The molecule has 0 atom stereocenters. The van der Waals surface area contributed by atoms with E-state index in [9.17, 15) is 9.59 Å². The van der Waals surface area contributed by atoms with E-state index < -0.39 is 0 Å². The third-order valence-electron chi connectivity index (χ3n) is 4.31. The number of benzene rings is 1. The summed E-state index contributed by atoms with van der Waals surface area (Å²) in [6, 6.07) is 7.34. The number of nitrogens with zero attached hydrogens (tertiary/aromatic N) is 2. The maximum atomic E-state index is 12.8. The van der Waals surface area contributed by atoms with Crippen LogP contribution in [-0.2, 0) is 17.9 Å². The molecular weight excluding hydrogens is 402 g/mol. The number of carbonyl (C=O) groups excluding carboxylic acids is 1. The second kappa shape index (κ2) is 8.46. The topological polar surface area (TPSA) is 64.0 Å². The van der Waals surface area contributed by atoms with Crippen molar-refractivity contribution in [3.63, 3.8) is 0 Å². The number of fused-ring (bicyclic) bond motifs is 1. The molecule has 0 spiro atoms. The predicted octanol–water partition coefficient (Wildman–Crippen LogP) is 4.16. The lowest BCUT2D eigenvalue weighted by molar-refractivity contribution is -0.118. The maximum absolute atomic E-state index is 12.8. The molecule has 3 aromatic rings. The van der Waals surface area contributed by atoms with E-state index in [0.717, 1.165) is 20.8 Å². The Hall–Kier alpha value is -1.83. The summed E-state index contributed by atoms with van der Waals surface area (Å²) in [5.41, 5.74) is 1.94. The summed E-state index contributed by atoms with van der Waals surface area (Å²) in [5, 5.41) is 4.81. The fourth-order valence-electron chi connectivity index (χ4n) is 2.68. The first-order chi connectivity index (χ1) is 12.9. The minimum atomic E-state index is -0.106. The van der Waals surface area contributed by atoms with Crippen LogP contribution in [0.1, 0.15) is 22.9 Å². The number of rotatable bonds is 6. The molecule has 1 amide bonds. The minimum Gasteiger partial charge on any atom is -0.351 e. The van der Waals surface area contributed by atoms with Crippen molar-refractivity contribution in [3.05, 3.63) is 55.6 Å². The first-order valence-electron chi connectivity index (χ1n) is 8.55. The maximum Gasteiger partial charge on any atom is 0.263 e. The van der Waals surface area contributed by atoms with Crippen molar-refractivity contribution in [1.29, 1.82) is 0 Å². The molecular formula is C19H20ClN3O2S2. The molecule has 3 rings (SSSR count). The average Bonchev–Trinajstić information content (AvgIpc) is 2.93. The first-order valence-corrected chi connectivity index (χ1v) is 10.7. The molecule has 2 aromatic heterocycles. The highest BCUT2D eigenvalue weighted by atomic mass is 35.5. The van der Waals surface area contributed by atoms with Crippen LogP contribution in [-0.4, -0.2) is 21.2 Å². The molecule has 0 saturated heterocycles. The summed E-state index contributed by atoms with van der Waals surface area (Å²) in [6.45, 7) is 6.81. The zero-order chi connectivity index (χ0) is 19.6. The third-order valence-corrected chi connectivity index (χ3v) is 6.63. The summed E-state index contributed by atoms with van der Waals surface area (Å²) in [6.07, 6.45) is 0. The Kier molecular flexibility index (Phi) is 6.24. The van der Waals surface area contributed by atoms with Crippen molar-refractivity contribution in [2.24, 2.45) is 0 Å². The van der Waals surface area contributed by atoms with Gasteiger partial charge in [-0.3, -0.25) is 14.2 Å². The van der Waals surface area contributed by atoms with Gasteiger partial charge in [-0.25, -0.2) is 4.98 Å². The Morgan fingerprint density at radius 2 is 2.00 bits per heavy atom. The normalized spacial score (nSPS) is 11.1. The van der Waals surface area contributed by atoms with Crippen LogP contribution < -0.4 is 10.9 Å². The second-order valence-electron chi connectivity index (χ2n) is 6.10. The van der Waals surface area contributed by atoms with Crippen molar-refractivity contribution < 1.29 is 4.79 Å². The summed E-state index contributed by atoms with van der Waals surface area (Å²) in [4.78, 5) is 31.5. The Balaban J connectivity index is 1.71. The number of hydrogen-bond acceptors (Lipinski definition) is 5. The number of aromatic nitrogens is 2. The van der Waals surface area contributed by atoms with E-state index in [4.69, 9.17) is 11.6 Å². The number of hydrogen-bond donors (Lipinski definition) is 1. The van der Waals surface area contributed by atoms with Crippen LogP contribution in [0.5, 0.6) is 0 Å². The molecule has 5 nitrogen and oxygen atoms in total. The van der Waals surface area contributed by atoms with Crippen LogP contribution >= 0.6 is 34.7 Å². The monoisotopic (exact) mass is 421 g/mol. The fraction of sp³-hybridized carbons (Fsp3) is 0.316. The van der Waals surface area contributed by atoms with Gasteiger partial charge in [-0.1, -0.05) is 35.5 Å². The summed E-state index contributed by atoms with van der Waals surface area (Å²) in [7, 11) is 0. The van der Waals surface area contributed by atoms with Crippen molar-refractivity contribution in [2.75, 3.05) is 5.75 Å². The number of carbonyl (C=O) groups is 1. The molecule has 8 heteroatoms. The van der Waals surface area contributed by atoms with Crippen LogP contribution in [0, 0.1) is 13.8 Å². The van der Waals surface area contributed by atoms with Gasteiger partial charge in [0.25, 0.3) is 5.56 Å². The molecule has 27 heavy (non-hydrogen) atoms. The quantitative estimate of drug-likeness (QED) is 0.479. The third kappa shape index (κ3) is 4.36. The zero-order valence-corrected chi connectivity index (χ0v) is 17.7.